The Labute approximate surface area is 122 Å². The molecule has 0 aliphatic heterocycles. The third-order valence-electron chi connectivity index (χ3n) is 2.62. The lowest BCUT2D eigenvalue weighted by molar-refractivity contribution is 0.143. The van der Waals surface area contributed by atoms with Gasteiger partial charge < -0.3 is 14.8 Å². The van der Waals surface area contributed by atoms with Gasteiger partial charge in [0.15, 0.2) is 0 Å². The summed E-state index contributed by atoms with van der Waals surface area (Å²) in [6.45, 7) is 12.1. The van der Waals surface area contributed by atoms with Crippen molar-refractivity contribution in [3.63, 3.8) is 0 Å². The van der Waals surface area contributed by atoms with Crippen molar-refractivity contribution >= 4 is 5.82 Å². The van der Waals surface area contributed by atoms with Gasteiger partial charge in [-0.3, -0.25) is 0 Å². The maximum absolute atomic E-state index is 5.49. The topological polar surface area (TPSA) is 56.3 Å². The molecule has 114 valence electrons. The van der Waals surface area contributed by atoms with E-state index in [1.807, 2.05) is 6.07 Å². The summed E-state index contributed by atoms with van der Waals surface area (Å²) in [4.78, 5) is 8.34. The minimum absolute atomic E-state index is 0.0452. The normalized spacial score (nSPS) is 12.3. The van der Waals surface area contributed by atoms with Crippen molar-refractivity contribution in [2.75, 3.05) is 25.6 Å². The summed E-state index contributed by atoms with van der Waals surface area (Å²) >= 11 is 0. The van der Waals surface area contributed by atoms with E-state index in [-0.39, 0.29) is 11.0 Å². The predicted molar refractivity (Wildman–Crippen MR) is 81.2 cm³/mol. The van der Waals surface area contributed by atoms with E-state index in [4.69, 9.17) is 9.47 Å². The molecule has 0 aliphatic rings. The lowest BCUT2D eigenvalue weighted by atomic mass is 9.82. The van der Waals surface area contributed by atoms with Crippen LogP contribution in [0.2, 0.25) is 0 Å². The van der Waals surface area contributed by atoms with Gasteiger partial charge in [-0.15, -0.1) is 0 Å². The molecule has 0 amide bonds. The van der Waals surface area contributed by atoms with E-state index < -0.39 is 0 Å². The Balaban J connectivity index is 2.65. The van der Waals surface area contributed by atoms with Crippen molar-refractivity contribution in [2.24, 2.45) is 5.41 Å². The SMILES string of the molecule is COCCOc1cc(NC(C)(C)CC(C)(C)C)ncn1. The summed E-state index contributed by atoms with van der Waals surface area (Å²) < 4.78 is 10.4. The number of rotatable bonds is 7. The highest BCUT2D eigenvalue weighted by Gasteiger charge is 2.25. The Morgan fingerprint density at radius 2 is 1.80 bits per heavy atom. The molecule has 0 atom stereocenters. The zero-order valence-corrected chi connectivity index (χ0v) is 13.5. The number of methoxy groups -OCH3 is 1. The van der Waals surface area contributed by atoms with E-state index in [2.05, 4.69) is 49.9 Å². The summed E-state index contributed by atoms with van der Waals surface area (Å²) in [5, 5.41) is 3.44. The monoisotopic (exact) mass is 281 g/mol. The second-order valence-electron chi connectivity index (χ2n) is 6.83. The van der Waals surface area contributed by atoms with Gasteiger partial charge >= 0.3 is 0 Å². The van der Waals surface area contributed by atoms with Crippen LogP contribution in [0.4, 0.5) is 5.82 Å². The molecule has 1 aromatic rings. The highest BCUT2D eigenvalue weighted by atomic mass is 16.5. The maximum atomic E-state index is 5.49. The smallest absolute Gasteiger partial charge is 0.218 e. The maximum Gasteiger partial charge on any atom is 0.218 e. The Morgan fingerprint density at radius 3 is 2.40 bits per heavy atom. The van der Waals surface area contributed by atoms with Crippen molar-refractivity contribution in [1.29, 1.82) is 0 Å². The summed E-state index contributed by atoms with van der Waals surface area (Å²) in [5.41, 5.74) is 0.206. The minimum atomic E-state index is -0.0452. The Hall–Kier alpha value is -1.36. The van der Waals surface area contributed by atoms with Crippen LogP contribution in [-0.2, 0) is 4.74 Å². The highest BCUT2D eigenvalue weighted by molar-refractivity contribution is 5.39. The van der Waals surface area contributed by atoms with Crippen LogP contribution < -0.4 is 10.1 Å². The molecule has 0 aliphatic carbocycles. The van der Waals surface area contributed by atoms with Gasteiger partial charge in [-0.1, -0.05) is 20.8 Å². The Bertz CT molecular complexity index is 414. The quantitative estimate of drug-likeness (QED) is 0.778. The average Bonchev–Trinajstić information content (AvgIpc) is 2.25. The number of hydrogen-bond acceptors (Lipinski definition) is 5. The minimum Gasteiger partial charge on any atom is -0.475 e. The molecule has 0 aromatic carbocycles. The standard InChI is InChI=1S/C15H27N3O2/c1-14(2,3)10-15(4,5)18-12-9-13(17-11-16-12)20-8-7-19-6/h9,11H,7-8,10H2,1-6H3,(H,16,17,18). The molecule has 0 spiro atoms. The molecule has 1 heterocycles. The van der Waals surface area contributed by atoms with E-state index in [1.54, 1.807) is 7.11 Å². The number of anilines is 1. The fraction of sp³-hybridized carbons (Fsp3) is 0.733. The molecule has 1 aromatic heterocycles. The highest BCUT2D eigenvalue weighted by Crippen LogP contribution is 2.29. The van der Waals surface area contributed by atoms with Crippen molar-refractivity contribution < 1.29 is 9.47 Å². The molecule has 0 unspecified atom stereocenters. The molecule has 5 heteroatoms. The lowest BCUT2D eigenvalue weighted by Crippen LogP contribution is -2.35. The number of ether oxygens (including phenoxy) is 2. The summed E-state index contributed by atoms with van der Waals surface area (Å²) in [5.74, 6) is 1.34. The van der Waals surface area contributed by atoms with Gasteiger partial charge in [0.05, 0.1) is 6.61 Å². The number of hydrogen-bond donors (Lipinski definition) is 1. The fourth-order valence-electron chi connectivity index (χ4n) is 2.43. The van der Waals surface area contributed by atoms with E-state index >= 15 is 0 Å². The first-order valence-corrected chi connectivity index (χ1v) is 6.94. The van der Waals surface area contributed by atoms with Crippen LogP contribution in [0.5, 0.6) is 5.88 Å². The van der Waals surface area contributed by atoms with Crippen LogP contribution in [0.25, 0.3) is 0 Å². The molecule has 0 radical (unpaired) electrons. The van der Waals surface area contributed by atoms with Crippen LogP contribution in [0, 0.1) is 5.41 Å². The van der Waals surface area contributed by atoms with Crippen LogP contribution >= 0.6 is 0 Å². The molecule has 20 heavy (non-hydrogen) atoms. The van der Waals surface area contributed by atoms with Crippen LogP contribution in [0.15, 0.2) is 12.4 Å². The van der Waals surface area contributed by atoms with Crippen LogP contribution in [0.1, 0.15) is 41.0 Å². The molecule has 1 rings (SSSR count). The third kappa shape index (κ3) is 6.70. The molecule has 1 N–H and O–H groups in total. The number of nitrogens with one attached hydrogen (secondary N) is 1. The first kappa shape index (κ1) is 16.7. The zero-order chi connectivity index (χ0) is 15.2. The van der Waals surface area contributed by atoms with Gasteiger partial charge in [0.2, 0.25) is 5.88 Å². The third-order valence-corrected chi connectivity index (χ3v) is 2.62. The summed E-state index contributed by atoms with van der Waals surface area (Å²) in [7, 11) is 1.64. The molecule has 0 saturated carbocycles. The molecular formula is C15H27N3O2. The number of aromatic nitrogens is 2. The van der Waals surface area contributed by atoms with Crippen molar-refractivity contribution in [3.8, 4) is 5.88 Å². The van der Waals surface area contributed by atoms with Gasteiger partial charge in [-0.25, -0.2) is 9.97 Å². The molecule has 5 nitrogen and oxygen atoms in total. The second kappa shape index (κ2) is 6.88. The van der Waals surface area contributed by atoms with Crippen molar-refractivity contribution in [3.05, 3.63) is 12.4 Å². The average molecular weight is 281 g/mol. The molecule has 0 saturated heterocycles. The molecule has 0 bridgehead atoms. The van der Waals surface area contributed by atoms with Gasteiger partial charge in [0.1, 0.15) is 18.8 Å². The van der Waals surface area contributed by atoms with Gasteiger partial charge in [-0.05, 0) is 25.7 Å². The van der Waals surface area contributed by atoms with Gasteiger partial charge in [0.25, 0.3) is 0 Å². The molecular weight excluding hydrogens is 254 g/mol. The first-order chi connectivity index (χ1) is 9.22. The van der Waals surface area contributed by atoms with Crippen molar-refractivity contribution in [2.45, 2.75) is 46.6 Å². The van der Waals surface area contributed by atoms with E-state index in [1.165, 1.54) is 6.33 Å². The Morgan fingerprint density at radius 1 is 1.10 bits per heavy atom. The van der Waals surface area contributed by atoms with Crippen LogP contribution in [0.3, 0.4) is 0 Å². The van der Waals surface area contributed by atoms with E-state index in [0.717, 1.165) is 12.2 Å². The van der Waals surface area contributed by atoms with Gasteiger partial charge in [0, 0.05) is 18.7 Å². The van der Waals surface area contributed by atoms with Crippen LogP contribution in [-0.4, -0.2) is 35.8 Å². The lowest BCUT2D eigenvalue weighted by Gasteiger charge is -2.33. The first-order valence-electron chi connectivity index (χ1n) is 6.94. The summed E-state index contributed by atoms with van der Waals surface area (Å²) in [6.07, 6.45) is 2.54. The second-order valence-corrected chi connectivity index (χ2v) is 6.83. The van der Waals surface area contributed by atoms with Gasteiger partial charge in [-0.2, -0.15) is 0 Å². The summed E-state index contributed by atoms with van der Waals surface area (Å²) in [6, 6.07) is 1.82. The predicted octanol–water partition coefficient (Wildman–Crippen LogP) is 3.13. The van der Waals surface area contributed by atoms with Crippen molar-refractivity contribution in [1.82, 2.24) is 9.97 Å². The zero-order valence-electron chi connectivity index (χ0n) is 13.5. The largest absolute Gasteiger partial charge is 0.475 e. The van der Waals surface area contributed by atoms with E-state index in [0.29, 0.717) is 19.1 Å². The fourth-order valence-corrected chi connectivity index (χ4v) is 2.43. The Kier molecular flexibility index (Phi) is 5.74. The number of nitrogens with zero attached hydrogens (tertiary/aromatic N) is 2. The van der Waals surface area contributed by atoms with E-state index in [9.17, 15) is 0 Å². The molecule has 0 fully saturated rings.